The van der Waals surface area contributed by atoms with Crippen LogP contribution in [0.3, 0.4) is 0 Å². The van der Waals surface area contributed by atoms with Gasteiger partial charge in [0.15, 0.2) is 11.5 Å². The molecule has 1 fully saturated rings. The molecule has 1 saturated heterocycles. The summed E-state index contributed by atoms with van der Waals surface area (Å²) in [6.07, 6.45) is 0. The largest absolute Gasteiger partial charge is 0.493 e. The first-order valence-electron chi connectivity index (χ1n) is 8.37. The molecule has 2 aromatic rings. The van der Waals surface area contributed by atoms with E-state index in [9.17, 15) is 4.79 Å². The molecule has 7 heteroatoms. The Kier molecular flexibility index (Phi) is 5.55. The summed E-state index contributed by atoms with van der Waals surface area (Å²) in [4.78, 5) is 19.6. The Hall–Kier alpha value is -2.12. The van der Waals surface area contributed by atoms with Crippen LogP contribution in [0.1, 0.15) is 12.6 Å². The molecule has 1 aromatic heterocycles. The molecule has 0 radical (unpaired) electrons. The third kappa shape index (κ3) is 3.93. The number of thiazole rings is 1. The van der Waals surface area contributed by atoms with Gasteiger partial charge in [0.2, 0.25) is 5.91 Å². The summed E-state index contributed by atoms with van der Waals surface area (Å²) in [5.74, 6) is 1.59. The summed E-state index contributed by atoms with van der Waals surface area (Å²) in [5.41, 5.74) is 2.03. The number of ether oxygens (including phenoxy) is 2. The van der Waals surface area contributed by atoms with Crippen LogP contribution < -0.4 is 14.4 Å². The molecule has 1 amide bonds. The monoisotopic (exact) mass is 362 g/mol. The molecule has 2 heterocycles. The SMILES string of the molecule is COc1cccc(-c2nc(C[NH+]3CCN(C(C)=O)CC3)cs2)c1OC. The van der Waals surface area contributed by atoms with Crippen molar-refractivity contribution in [1.29, 1.82) is 0 Å². The average molecular weight is 362 g/mol. The maximum Gasteiger partial charge on any atom is 0.219 e. The van der Waals surface area contributed by atoms with Crippen LogP contribution in [0.2, 0.25) is 0 Å². The fraction of sp³-hybridized carbons (Fsp3) is 0.444. The molecular weight excluding hydrogens is 338 g/mol. The lowest BCUT2D eigenvalue weighted by Crippen LogP contribution is -3.13. The van der Waals surface area contributed by atoms with Gasteiger partial charge in [-0.15, -0.1) is 11.3 Å². The standard InChI is InChI=1S/C18H23N3O3S/c1-13(22)21-9-7-20(8-10-21)11-14-12-25-18(19-14)15-5-4-6-16(23-2)17(15)24-3/h4-6,12H,7-11H2,1-3H3/p+1. The van der Waals surface area contributed by atoms with Gasteiger partial charge in [0.1, 0.15) is 17.2 Å². The number of nitrogens with zero attached hydrogens (tertiary/aromatic N) is 2. The Morgan fingerprint density at radius 1 is 1.28 bits per heavy atom. The van der Waals surface area contributed by atoms with Crippen molar-refractivity contribution >= 4 is 17.2 Å². The van der Waals surface area contributed by atoms with E-state index in [1.165, 1.54) is 4.90 Å². The lowest BCUT2D eigenvalue weighted by Gasteiger charge is -2.31. The minimum atomic E-state index is 0.167. The number of benzene rings is 1. The molecule has 25 heavy (non-hydrogen) atoms. The van der Waals surface area contributed by atoms with Crippen molar-refractivity contribution in [3.63, 3.8) is 0 Å². The first kappa shape index (κ1) is 17.7. The quantitative estimate of drug-likeness (QED) is 0.865. The van der Waals surface area contributed by atoms with Crippen LogP contribution in [-0.2, 0) is 11.3 Å². The van der Waals surface area contributed by atoms with Crippen LogP contribution in [-0.4, -0.2) is 56.2 Å². The molecule has 1 N–H and O–H groups in total. The highest BCUT2D eigenvalue weighted by Crippen LogP contribution is 2.38. The van der Waals surface area contributed by atoms with Crippen LogP contribution in [0.15, 0.2) is 23.6 Å². The summed E-state index contributed by atoms with van der Waals surface area (Å²) in [6.45, 7) is 6.11. The van der Waals surface area contributed by atoms with E-state index < -0.39 is 0 Å². The minimum Gasteiger partial charge on any atom is -0.493 e. The highest BCUT2D eigenvalue weighted by atomic mass is 32.1. The topological polar surface area (TPSA) is 56.1 Å². The van der Waals surface area contributed by atoms with E-state index in [2.05, 4.69) is 5.38 Å². The Labute approximate surface area is 152 Å². The van der Waals surface area contributed by atoms with Gasteiger partial charge in [0.25, 0.3) is 0 Å². The predicted molar refractivity (Wildman–Crippen MR) is 97.3 cm³/mol. The first-order valence-corrected chi connectivity index (χ1v) is 9.25. The van der Waals surface area contributed by atoms with Gasteiger partial charge in [-0.05, 0) is 12.1 Å². The predicted octanol–water partition coefficient (Wildman–Crippen LogP) is 1.07. The summed E-state index contributed by atoms with van der Waals surface area (Å²) in [6, 6.07) is 5.84. The van der Waals surface area contributed by atoms with Crippen LogP contribution in [0, 0.1) is 0 Å². The number of rotatable bonds is 5. The number of carbonyl (C=O) groups excluding carboxylic acids is 1. The fourth-order valence-electron chi connectivity index (χ4n) is 3.14. The molecule has 0 saturated carbocycles. The molecule has 0 atom stereocenters. The van der Waals surface area contributed by atoms with Crippen molar-refractivity contribution in [2.24, 2.45) is 0 Å². The molecule has 3 rings (SSSR count). The van der Waals surface area contributed by atoms with E-state index >= 15 is 0 Å². The Morgan fingerprint density at radius 2 is 2.04 bits per heavy atom. The highest BCUT2D eigenvalue weighted by molar-refractivity contribution is 7.13. The second kappa shape index (κ2) is 7.84. The molecule has 6 nitrogen and oxygen atoms in total. The molecular formula is C18H24N3O3S+. The number of aromatic nitrogens is 1. The maximum absolute atomic E-state index is 11.4. The van der Waals surface area contributed by atoms with Crippen molar-refractivity contribution in [2.75, 3.05) is 40.4 Å². The first-order chi connectivity index (χ1) is 12.1. The summed E-state index contributed by atoms with van der Waals surface area (Å²) >= 11 is 1.62. The van der Waals surface area contributed by atoms with Gasteiger partial charge in [-0.3, -0.25) is 4.79 Å². The molecule has 0 spiro atoms. The molecule has 134 valence electrons. The second-order valence-corrected chi connectivity index (χ2v) is 6.98. The van der Waals surface area contributed by atoms with Gasteiger partial charge in [-0.25, -0.2) is 4.98 Å². The van der Waals surface area contributed by atoms with Crippen molar-refractivity contribution < 1.29 is 19.2 Å². The number of methoxy groups -OCH3 is 2. The number of quaternary nitrogens is 1. The number of hydrogen-bond acceptors (Lipinski definition) is 5. The van der Waals surface area contributed by atoms with Crippen molar-refractivity contribution in [3.05, 3.63) is 29.3 Å². The maximum atomic E-state index is 11.4. The molecule has 0 aliphatic carbocycles. The zero-order valence-corrected chi connectivity index (χ0v) is 15.7. The van der Waals surface area contributed by atoms with Crippen LogP contribution in [0.25, 0.3) is 10.6 Å². The van der Waals surface area contributed by atoms with Gasteiger partial charge in [0, 0.05) is 12.3 Å². The average Bonchev–Trinajstić information content (AvgIpc) is 3.09. The van der Waals surface area contributed by atoms with E-state index in [1.807, 2.05) is 23.1 Å². The highest BCUT2D eigenvalue weighted by Gasteiger charge is 2.23. The third-order valence-corrected chi connectivity index (χ3v) is 5.46. The number of piperazine rings is 1. The smallest absolute Gasteiger partial charge is 0.219 e. The third-order valence-electron chi connectivity index (χ3n) is 4.53. The fourth-order valence-corrected chi connectivity index (χ4v) is 3.98. The molecule has 0 unspecified atom stereocenters. The lowest BCUT2D eigenvalue weighted by molar-refractivity contribution is -0.917. The van der Waals surface area contributed by atoms with Gasteiger partial charge in [-0.2, -0.15) is 0 Å². The zero-order valence-electron chi connectivity index (χ0n) is 14.9. The molecule has 1 aliphatic heterocycles. The van der Waals surface area contributed by atoms with Crippen molar-refractivity contribution in [2.45, 2.75) is 13.5 Å². The van der Waals surface area contributed by atoms with Crippen molar-refractivity contribution in [1.82, 2.24) is 9.88 Å². The van der Waals surface area contributed by atoms with Gasteiger partial charge < -0.3 is 19.3 Å². The van der Waals surface area contributed by atoms with E-state index in [1.54, 1.807) is 32.5 Å². The van der Waals surface area contributed by atoms with Crippen LogP contribution in [0.5, 0.6) is 11.5 Å². The Bertz CT molecular complexity index is 739. The molecule has 0 bridgehead atoms. The Balaban J connectivity index is 1.70. The summed E-state index contributed by atoms with van der Waals surface area (Å²) < 4.78 is 10.9. The van der Waals surface area contributed by atoms with E-state index in [-0.39, 0.29) is 5.91 Å². The minimum absolute atomic E-state index is 0.167. The number of amides is 1. The zero-order chi connectivity index (χ0) is 17.8. The normalized spacial score (nSPS) is 15.2. The number of nitrogens with one attached hydrogen (secondary N) is 1. The number of carbonyl (C=O) groups is 1. The number of hydrogen-bond donors (Lipinski definition) is 1. The van der Waals surface area contributed by atoms with E-state index in [0.29, 0.717) is 11.5 Å². The van der Waals surface area contributed by atoms with Crippen LogP contribution >= 0.6 is 11.3 Å². The van der Waals surface area contributed by atoms with Crippen LogP contribution in [0.4, 0.5) is 0 Å². The second-order valence-electron chi connectivity index (χ2n) is 6.12. The van der Waals surface area contributed by atoms with E-state index in [4.69, 9.17) is 14.5 Å². The van der Waals surface area contributed by atoms with Gasteiger partial charge >= 0.3 is 0 Å². The van der Waals surface area contributed by atoms with Crippen molar-refractivity contribution in [3.8, 4) is 22.1 Å². The Morgan fingerprint density at radius 3 is 2.68 bits per heavy atom. The lowest BCUT2D eigenvalue weighted by atomic mass is 10.2. The van der Waals surface area contributed by atoms with Gasteiger partial charge in [0.05, 0.1) is 46.0 Å². The van der Waals surface area contributed by atoms with E-state index in [0.717, 1.165) is 49.0 Å². The number of para-hydroxylation sites is 1. The summed E-state index contributed by atoms with van der Waals surface area (Å²) in [5, 5.41) is 3.05. The molecule has 1 aliphatic rings. The molecule has 1 aromatic carbocycles. The summed E-state index contributed by atoms with van der Waals surface area (Å²) in [7, 11) is 3.29. The van der Waals surface area contributed by atoms with Gasteiger partial charge in [-0.1, -0.05) is 6.07 Å².